The molecule has 4 rings (SSSR count). The molecule has 0 unspecified atom stereocenters. The first-order valence-electron chi connectivity index (χ1n) is 8.64. The Morgan fingerprint density at radius 3 is 2.46 bits per heavy atom. The van der Waals surface area contributed by atoms with Crippen LogP contribution >= 0.6 is 11.3 Å². The molecule has 0 spiro atoms. The van der Waals surface area contributed by atoms with Crippen molar-refractivity contribution in [2.75, 3.05) is 6.61 Å². The van der Waals surface area contributed by atoms with Crippen LogP contribution in [-0.4, -0.2) is 6.61 Å². The van der Waals surface area contributed by atoms with E-state index in [0.717, 1.165) is 35.6 Å². The van der Waals surface area contributed by atoms with Gasteiger partial charge in [-0.2, -0.15) is 0 Å². The maximum atomic E-state index is 14.8. The second-order valence-corrected chi connectivity index (χ2v) is 7.64. The van der Waals surface area contributed by atoms with Gasteiger partial charge in [-0.1, -0.05) is 25.5 Å². The van der Waals surface area contributed by atoms with Crippen LogP contribution in [0.4, 0.5) is 8.78 Å². The second-order valence-electron chi connectivity index (χ2n) is 6.62. The lowest BCUT2D eigenvalue weighted by Crippen LogP contribution is -1.98. The van der Waals surface area contributed by atoms with Crippen LogP contribution < -0.4 is 4.74 Å². The summed E-state index contributed by atoms with van der Waals surface area (Å²) in [6, 6.07) is 7.31. The van der Waals surface area contributed by atoms with Gasteiger partial charge >= 0.3 is 0 Å². The number of fused-ring (bicyclic) bond motifs is 3. The maximum absolute atomic E-state index is 14.8. The summed E-state index contributed by atoms with van der Waals surface area (Å²) in [5.74, 6) is 0.351. The van der Waals surface area contributed by atoms with Gasteiger partial charge in [0, 0.05) is 10.8 Å². The van der Waals surface area contributed by atoms with Crippen LogP contribution in [0, 0.1) is 17.6 Å². The highest BCUT2D eigenvalue weighted by atomic mass is 32.1. The van der Waals surface area contributed by atoms with Gasteiger partial charge in [-0.25, -0.2) is 8.78 Å². The van der Waals surface area contributed by atoms with Crippen molar-refractivity contribution in [1.29, 1.82) is 0 Å². The van der Waals surface area contributed by atoms with E-state index in [-0.39, 0.29) is 17.4 Å². The van der Waals surface area contributed by atoms with E-state index >= 15 is 0 Å². The topological polar surface area (TPSA) is 9.23 Å². The molecule has 1 fully saturated rings. The molecule has 1 heterocycles. The van der Waals surface area contributed by atoms with Crippen LogP contribution in [-0.2, 0) is 6.42 Å². The number of hydrogen-bond donors (Lipinski definition) is 0. The predicted octanol–water partition coefficient (Wildman–Crippen LogP) is 6.46. The fourth-order valence-electron chi connectivity index (χ4n) is 3.09. The molecule has 126 valence electrons. The third kappa shape index (κ3) is 2.77. The monoisotopic (exact) mass is 346 g/mol. The minimum atomic E-state index is -0.368. The zero-order chi connectivity index (χ0) is 16.7. The van der Waals surface area contributed by atoms with E-state index in [1.807, 2.05) is 18.2 Å². The van der Waals surface area contributed by atoms with Crippen LogP contribution in [0.25, 0.3) is 20.2 Å². The lowest BCUT2D eigenvalue weighted by atomic mass is 10.0. The SMILES string of the molecule is CCCCOc1ccc2c(sc3c(F)c(CC4CC4)ccc32)c1F. The Morgan fingerprint density at radius 1 is 1.04 bits per heavy atom. The molecule has 1 saturated carbocycles. The molecule has 2 aromatic carbocycles. The number of halogens is 2. The Bertz CT molecular complexity index is 896. The third-order valence-electron chi connectivity index (χ3n) is 4.69. The molecule has 1 aromatic heterocycles. The summed E-state index contributed by atoms with van der Waals surface area (Å²) >= 11 is 1.20. The summed E-state index contributed by atoms with van der Waals surface area (Å²) in [4.78, 5) is 0. The molecule has 0 N–H and O–H groups in total. The van der Waals surface area contributed by atoms with Crippen LogP contribution in [0.15, 0.2) is 24.3 Å². The van der Waals surface area contributed by atoms with Crippen molar-refractivity contribution in [3.05, 3.63) is 41.5 Å². The zero-order valence-corrected chi connectivity index (χ0v) is 14.5. The normalized spacial score (nSPS) is 14.6. The van der Waals surface area contributed by atoms with Gasteiger partial charge in [0.05, 0.1) is 16.0 Å². The number of ether oxygens (including phenoxy) is 1. The van der Waals surface area contributed by atoms with E-state index in [1.54, 1.807) is 6.07 Å². The molecule has 1 nitrogen and oxygen atoms in total. The summed E-state index contributed by atoms with van der Waals surface area (Å²) in [6.45, 7) is 2.57. The van der Waals surface area contributed by atoms with Gasteiger partial charge in [0.25, 0.3) is 0 Å². The fraction of sp³-hybridized carbons (Fsp3) is 0.400. The fourth-order valence-corrected chi connectivity index (χ4v) is 4.28. The van der Waals surface area contributed by atoms with E-state index in [9.17, 15) is 8.78 Å². The molecule has 0 bridgehead atoms. The van der Waals surface area contributed by atoms with Crippen molar-refractivity contribution >= 4 is 31.5 Å². The molecule has 1 aliphatic carbocycles. The Morgan fingerprint density at radius 2 is 1.75 bits per heavy atom. The molecule has 24 heavy (non-hydrogen) atoms. The molecule has 4 heteroatoms. The second kappa shape index (κ2) is 6.32. The molecular formula is C20H20F2OS. The minimum Gasteiger partial charge on any atom is -0.490 e. The first-order chi connectivity index (χ1) is 11.7. The van der Waals surface area contributed by atoms with Crippen LogP contribution in [0.2, 0.25) is 0 Å². The van der Waals surface area contributed by atoms with Crippen LogP contribution in [0.1, 0.15) is 38.2 Å². The predicted molar refractivity (Wildman–Crippen MR) is 96.1 cm³/mol. The average Bonchev–Trinajstić information content (AvgIpc) is 3.31. The third-order valence-corrected chi connectivity index (χ3v) is 5.90. The number of thiophene rings is 1. The summed E-state index contributed by atoms with van der Waals surface area (Å²) in [5, 5.41) is 1.57. The molecule has 0 atom stereocenters. The van der Waals surface area contributed by atoms with Crippen molar-refractivity contribution in [2.45, 2.75) is 39.0 Å². The van der Waals surface area contributed by atoms with Gasteiger partial charge < -0.3 is 4.74 Å². The molecule has 3 aromatic rings. The number of unbranched alkanes of at least 4 members (excludes halogenated alkanes) is 1. The van der Waals surface area contributed by atoms with E-state index in [0.29, 0.717) is 21.9 Å². The average molecular weight is 346 g/mol. The van der Waals surface area contributed by atoms with E-state index in [2.05, 4.69) is 6.92 Å². The summed E-state index contributed by atoms with van der Waals surface area (Å²) in [7, 11) is 0. The highest BCUT2D eigenvalue weighted by Gasteiger charge is 2.24. The lowest BCUT2D eigenvalue weighted by molar-refractivity contribution is 0.295. The summed E-state index contributed by atoms with van der Waals surface area (Å²) in [6.07, 6.45) is 5.07. The number of hydrogen-bond acceptors (Lipinski definition) is 2. The van der Waals surface area contributed by atoms with Gasteiger partial charge in [-0.3, -0.25) is 0 Å². The van der Waals surface area contributed by atoms with Crippen molar-refractivity contribution in [1.82, 2.24) is 0 Å². The highest BCUT2D eigenvalue weighted by molar-refractivity contribution is 7.25. The number of rotatable bonds is 6. The highest BCUT2D eigenvalue weighted by Crippen LogP contribution is 2.41. The van der Waals surface area contributed by atoms with E-state index < -0.39 is 0 Å². The van der Waals surface area contributed by atoms with E-state index in [4.69, 9.17) is 4.74 Å². The van der Waals surface area contributed by atoms with Gasteiger partial charge in [-0.15, -0.1) is 11.3 Å². The lowest BCUT2D eigenvalue weighted by Gasteiger charge is -2.06. The Labute approximate surface area is 144 Å². The Balaban J connectivity index is 1.78. The Hall–Kier alpha value is -1.68. The van der Waals surface area contributed by atoms with Crippen molar-refractivity contribution < 1.29 is 13.5 Å². The molecule has 0 saturated heterocycles. The minimum absolute atomic E-state index is 0.173. The van der Waals surface area contributed by atoms with Gasteiger partial charge in [0.2, 0.25) is 0 Å². The Kier molecular flexibility index (Phi) is 4.17. The standard InChI is InChI=1S/C20H20F2OS/c1-2-3-10-23-16-9-8-15-14-7-6-13(11-12-4-5-12)17(21)19(14)24-20(15)18(16)22/h6-9,12H,2-5,10-11H2,1H3. The summed E-state index contributed by atoms with van der Waals surface area (Å²) < 4.78 is 36.2. The quantitative estimate of drug-likeness (QED) is 0.465. The first kappa shape index (κ1) is 15.8. The molecule has 0 radical (unpaired) electrons. The zero-order valence-electron chi connectivity index (χ0n) is 13.7. The molecular weight excluding hydrogens is 326 g/mol. The smallest absolute Gasteiger partial charge is 0.182 e. The molecule has 1 aliphatic rings. The maximum Gasteiger partial charge on any atom is 0.182 e. The van der Waals surface area contributed by atoms with Gasteiger partial charge in [-0.05, 0) is 49.3 Å². The van der Waals surface area contributed by atoms with Crippen LogP contribution in [0.5, 0.6) is 5.75 Å². The van der Waals surface area contributed by atoms with E-state index in [1.165, 1.54) is 24.2 Å². The van der Waals surface area contributed by atoms with Crippen molar-refractivity contribution in [3.8, 4) is 5.75 Å². The van der Waals surface area contributed by atoms with Crippen molar-refractivity contribution in [3.63, 3.8) is 0 Å². The largest absolute Gasteiger partial charge is 0.490 e. The van der Waals surface area contributed by atoms with Crippen molar-refractivity contribution in [2.24, 2.45) is 5.92 Å². The number of benzene rings is 2. The summed E-state index contributed by atoms with van der Waals surface area (Å²) in [5.41, 5.74) is 0.761. The van der Waals surface area contributed by atoms with Gasteiger partial charge in [0.1, 0.15) is 5.82 Å². The molecule has 0 amide bonds. The molecule has 0 aliphatic heterocycles. The van der Waals surface area contributed by atoms with Gasteiger partial charge in [0.15, 0.2) is 11.6 Å². The van der Waals surface area contributed by atoms with Crippen LogP contribution in [0.3, 0.4) is 0 Å². The first-order valence-corrected chi connectivity index (χ1v) is 9.45.